The van der Waals surface area contributed by atoms with Gasteiger partial charge in [-0.1, -0.05) is 0 Å². The van der Waals surface area contributed by atoms with Gasteiger partial charge in [0.15, 0.2) is 23.5 Å². The first kappa shape index (κ1) is 24.6. The van der Waals surface area contributed by atoms with Crippen molar-refractivity contribution in [3.63, 3.8) is 0 Å². The van der Waals surface area contributed by atoms with Gasteiger partial charge in [0.2, 0.25) is 5.91 Å². The van der Waals surface area contributed by atoms with Gasteiger partial charge in [-0.25, -0.2) is 23.0 Å². The van der Waals surface area contributed by atoms with Gasteiger partial charge < -0.3 is 20.1 Å². The summed E-state index contributed by atoms with van der Waals surface area (Å²) < 4.78 is 53.3. The fourth-order valence-electron chi connectivity index (χ4n) is 4.57. The normalized spacial score (nSPS) is 20.9. The standard InChI is InChI=1S/C25H23F3N4O5/c26-15-5-13(6-16(27)9-15)19-3-4-30-32(19)25(35)31-11-17(12-31)36-23-8-14-7-20(33)21(1-2-24(29)34)37-22(14)10-18(23)28/h4-6,8-10,17,19,21H,1-3,7,11-12H2,(H2,29,34)/t19-,21-/m0/s1. The second-order valence-corrected chi connectivity index (χ2v) is 9.17. The zero-order valence-corrected chi connectivity index (χ0v) is 19.5. The molecule has 194 valence electrons. The molecule has 3 aliphatic rings. The largest absolute Gasteiger partial charge is 0.484 e. The Morgan fingerprint density at radius 3 is 2.54 bits per heavy atom. The molecule has 2 atom stereocenters. The number of Topliss-reactive ketones (excluding diaryl/α,β-unsaturated/α-hetero) is 1. The second-order valence-electron chi connectivity index (χ2n) is 9.17. The van der Waals surface area contributed by atoms with Gasteiger partial charge in [-0.05, 0) is 23.8 Å². The van der Waals surface area contributed by atoms with Crippen molar-refractivity contribution in [2.24, 2.45) is 10.8 Å². The van der Waals surface area contributed by atoms with E-state index in [2.05, 4.69) is 5.10 Å². The van der Waals surface area contributed by atoms with Crippen molar-refractivity contribution in [1.29, 1.82) is 0 Å². The zero-order valence-electron chi connectivity index (χ0n) is 19.5. The number of hydrazone groups is 1. The third-order valence-electron chi connectivity index (χ3n) is 6.47. The van der Waals surface area contributed by atoms with Crippen LogP contribution in [0.3, 0.4) is 0 Å². The fourth-order valence-corrected chi connectivity index (χ4v) is 4.57. The van der Waals surface area contributed by atoms with Crippen molar-refractivity contribution >= 4 is 23.9 Å². The first-order chi connectivity index (χ1) is 17.7. The molecule has 0 radical (unpaired) electrons. The summed E-state index contributed by atoms with van der Waals surface area (Å²) in [6.07, 6.45) is 0.551. The van der Waals surface area contributed by atoms with Crippen LogP contribution < -0.4 is 15.2 Å². The molecule has 0 saturated carbocycles. The number of nitrogens with zero attached hydrogens (tertiary/aromatic N) is 3. The van der Waals surface area contributed by atoms with Crippen molar-refractivity contribution in [3.05, 3.63) is 58.9 Å². The van der Waals surface area contributed by atoms with Crippen LogP contribution in [0.2, 0.25) is 0 Å². The van der Waals surface area contributed by atoms with Crippen LogP contribution in [0.15, 0.2) is 35.4 Å². The first-order valence-corrected chi connectivity index (χ1v) is 11.7. The number of halogens is 3. The number of rotatable bonds is 6. The summed E-state index contributed by atoms with van der Waals surface area (Å²) in [6, 6.07) is 4.52. The van der Waals surface area contributed by atoms with Gasteiger partial charge >= 0.3 is 6.03 Å². The van der Waals surface area contributed by atoms with E-state index in [1.54, 1.807) is 0 Å². The average molecular weight is 516 g/mol. The molecule has 0 unspecified atom stereocenters. The van der Waals surface area contributed by atoms with Gasteiger partial charge in [0.25, 0.3) is 0 Å². The Bertz CT molecular complexity index is 1280. The van der Waals surface area contributed by atoms with Crippen LogP contribution in [0, 0.1) is 17.5 Å². The lowest BCUT2D eigenvalue weighted by molar-refractivity contribution is -0.127. The summed E-state index contributed by atoms with van der Waals surface area (Å²) in [4.78, 5) is 37.7. The zero-order chi connectivity index (χ0) is 26.3. The Labute approximate surface area is 209 Å². The molecule has 12 heteroatoms. The highest BCUT2D eigenvalue weighted by molar-refractivity contribution is 5.88. The third-order valence-corrected chi connectivity index (χ3v) is 6.47. The van der Waals surface area contributed by atoms with E-state index in [0.29, 0.717) is 17.5 Å². The molecule has 2 N–H and O–H groups in total. The van der Waals surface area contributed by atoms with E-state index in [4.69, 9.17) is 15.2 Å². The summed E-state index contributed by atoms with van der Waals surface area (Å²) in [7, 11) is 0. The molecule has 0 aliphatic carbocycles. The predicted octanol–water partition coefficient (Wildman–Crippen LogP) is 2.86. The molecule has 0 aromatic heterocycles. The summed E-state index contributed by atoms with van der Waals surface area (Å²) in [5.74, 6) is -2.85. The monoisotopic (exact) mass is 516 g/mol. The highest BCUT2D eigenvalue weighted by atomic mass is 19.1. The third kappa shape index (κ3) is 5.09. The van der Waals surface area contributed by atoms with Gasteiger partial charge in [-0.15, -0.1) is 0 Å². The average Bonchev–Trinajstić information content (AvgIpc) is 3.29. The van der Waals surface area contributed by atoms with Crippen LogP contribution >= 0.6 is 0 Å². The Morgan fingerprint density at radius 2 is 1.84 bits per heavy atom. The Balaban J connectivity index is 1.20. The van der Waals surface area contributed by atoms with E-state index in [0.717, 1.165) is 24.3 Å². The van der Waals surface area contributed by atoms with Crippen LogP contribution in [0.4, 0.5) is 18.0 Å². The quantitative estimate of drug-likeness (QED) is 0.634. The highest BCUT2D eigenvalue weighted by Crippen LogP contribution is 2.35. The molecule has 0 spiro atoms. The van der Waals surface area contributed by atoms with E-state index in [1.807, 2.05) is 0 Å². The molecular weight excluding hydrogens is 493 g/mol. The van der Waals surface area contributed by atoms with E-state index < -0.39 is 47.6 Å². The number of benzene rings is 2. The maximum absolute atomic E-state index is 14.7. The summed E-state index contributed by atoms with van der Waals surface area (Å²) >= 11 is 0. The molecule has 0 bridgehead atoms. The Kier molecular flexibility index (Phi) is 6.48. The van der Waals surface area contributed by atoms with Crippen molar-refractivity contribution in [2.45, 2.75) is 43.9 Å². The minimum Gasteiger partial charge on any atom is -0.484 e. The van der Waals surface area contributed by atoms with Crippen LogP contribution in [-0.2, 0) is 16.0 Å². The molecule has 1 saturated heterocycles. The Morgan fingerprint density at radius 1 is 1.11 bits per heavy atom. The molecule has 3 aliphatic heterocycles. The molecule has 3 heterocycles. The van der Waals surface area contributed by atoms with E-state index in [1.165, 1.54) is 22.2 Å². The number of hydrogen-bond acceptors (Lipinski definition) is 6. The summed E-state index contributed by atoms with van der Waals surface area (Å²) in [6.45, 7) is 0.298. The highest BCUT2D eigenvalue weighted by Gasteiger charge is 2.39. The van der Waals surface area contributed by atoms with Crippen LogP contribution in [0.1, 0.15) is 36.4 Å². The molecule has 2 aromatic carbocycles. The number of ether oxygens (including phenoxy) is 2. The molecule has 9 nitrogen and oxygen atoms in total. The fraction of sp³-hybridized carbons (Fsp3) is 0.360. The van der Waals surface area contributed by atoms with E-state index in [9.17, 15) is 27.6 Å². The number of primary amides is 1. The van der Waals surface area contributed by atoms with Gasteiger partial charge in [-0.2, -0.15) is 5.10 Å². The number of hydrogen-bond donors (Lipinski definition) is 1. The molecular formula is C25H23F3N4O5. The lowest BCUT2D eigenvalue weighted by Crippen LogP contribution is -2.58. The van der Waals surface area contributed by atoms with Crippen molar-refractivity contribution in [3.8, 4) is 11.5 Å². The maximum Gasteiger partial charge on any atom is 0.341 e. The van der Waals surface area contributed by atoms with E-state index in [-0.39, 0.29) is 49.6 Å². The molecule has 3 amide bonds. The molecule has 2 aromatic rings. The lowest BCUT2D eigenvalue weighted by Gasteiger charge is -2.41. The predicted molar refractivity (Wildman–Crippen MR) is 123 cm³/mol. The number of fused-ring (bicyclic) bond motifs is 1. The number of carbonyl (C=O) groups excluding carboxylic acids is 3. The summed E-state index contributed by atoms with van der Waals surface area (Å²) in [5, 5.41) is 5.23. The first-order valence-electron chi connectivity index (χ1n) is 11.7. The number of urea groups is 1. The molecule has 37 heavy (non-hydrogen) atoms. The summed E-state index contributed by atoms with van der Waals surface area (Å²) in [5.41, 5.74) is 5.88. The van der Waals surface area contributed by atoms with Gasteiger partial charge in [0.1, 0.15) is 23.5 Å². The second kappa shape index (κ2) is 9.75. The van der Waals surface area contributed by atoms with Crippen molar-refractivity contribution in [2.75, 3.05) is 13.1 Å². The van der Waals surface area contributed by atoms with Gasteiger partial charge in [0, 0.05) is 49.6 Å². The number of ketones is 1. The number of carbonyl (C=O) groups is 3. The smallest absolute Gasteiger partial charge is 0.341 e. The van der Waals surface area contributed by atoms with Crippen molar-refractivity contribution < 1.29 is 37.0 Å². The minimum absolute atomic E-state index is 0.000291. The topological polar surface area (TPSA) is 115 Å². The SMILES string of the molecule is NC(=O)CC[C@@H]1Oc2cc(F)c(OC3CN(C(=O)N4N=CC[C@H]4c4cc(F)cc(F)c4)C3)cc2CC1=O. The lowest BCUT2D eigenvalue weighted by atomic mass is 9.97. The Hall–Kier alpha value is -4.09. The maximum atomic E-state index is 14.7. The van der Waals surface area contributed by atoms with Crippen molar-refractivity contribution in [1.82, 2.24) is 9.91 Å². The molecule has 5 rings (SSSR count). The van der Waals surface area contributed by atoms with E-state index >= 15 is 0 Å². The van der Waals surface area contributed by atoms with Crippen LogP contribution in [0.5, 0.6) is 11.5 Å². The number of likely N-dealkylation sites (tertiary alicyclic amines) is 1. The van der Waals surface area contributed by atoms with Gasteiger partial charge in [-0.3, -0.25) is 9.59 Å². The van der Waals surface area contributed by atoms with Gasteiger partial charge in [0.05, 0.1) is 19.1 Å². The molecule has 1 fully saturated rings. The van der Waals surface area contributed by atoms with Crippen LogP contribution in [-0.4, -0.2) is 59.1 Å². The number of nitrogens with two attached hydrogens (primary N) is 1. The van der Waals surface area contributed by atoms with Crippen LogP contribution in [0.25, 0.3) is 0 Å². The minimum atomic E-state index is -0.863. The number of amides is 3.